The second kappa shape index (κ2) is 11.8. The Bertz CT molecular complexity index is 1380. The van der Waals surface area contributed by atoms with Crippen LogP contribution in [0.25, 0.3) is 6.08 Å². The number of halogens is 1. The van der Waals surface area contributed by atoms with Crippen molar-refractivity contribution in [1.82, 2.24) is 10.2 Å². The molecule has 0 atom stereocenters. The third-order valence-corrected chi connectivity index (χ3v) is 7.81. The molecule has 0 aliphatic heterocycles. The van der Waals surface area contributed by atoms with Gasteiger partial charge in [-0.1, -0.05) is 60.2 Å². The number of hydrogen-bond donors (Lipinski definition) is 1. The van der Waals surface area contributed by atoms with Gasteiger partial charge in [0.15, 0.2) is 11.5 Å². The van der Waals surface area contributed by atoms with Gasteiger partial charge in [0.05, 0.1) is 17.4 Å². The van der Waals surface area contributed by atoms with Gasteiger partial charge >= 0.3 is 0 Å². The Morgan fingerprint density at radius 2 is 1.94 bits per heavy atom. The predicted molar refractivity (Wildman–Crippen MR) is 133 cm³/mol. The first-order valence-electron chi connectivity index (χ1n) is 10.4. The number of sulfone groups is 1. The maximum absolute atomic E-state index is 12.6. The summed E-state index contributed by atoms with van der Waals surface area (Å²) in [6.45, 7) is 3.90. The lowest BCUT2D eigenvalue weighted by Gasteiger charge is -2.14. The molecule has 0 saturated heterocycles. The summed E-state index contributed by atoms with van der Waals surface area (Å²) in [4.78, 5) is 12.6. The molecule has 0 aliphatic carbocycles. The highest BCUT2D eigenvalue weighted by atomic mass is 35.5. The maximum atomic E-state index is 12.6. The van der Waals surface area contributed by atoms with Crippen molar-refractivity contribution in [3.63, 3.8) is 0 Å². The van der Waals surface area contributed by atoms with Crippen LogP contribution in [0, 0.1) is 11.3 Å². The zero-order chi connectivity index (χ0) is 25.4. The second-order valence-electron chi connectivity index (χ2n) is 6.94. The van der Waals surface area contributed by atoms with Crippen molar-refractivity contribution in [3.05, 3.63) is 64.2 Å². The van der Waals surface area contributed by atoms with Crippen molar-refractivity contribution >= 4 is 49.9 Å². The van der Waals surface area contributed by atoms with Crippen LogP contribution in [0.2, 0.25) is 5.02 Å². The van der Waals surface area contributed by atoms with Crippen LogP contribution in [0.4, 0.5) is 5.13 Å². The van der Waals surface area contributed by atoms with Crippen LogP contribution in [-0.4, -0.2) is 36.9 Å². The number of anilines is 1. The molecular formula is C23H21ClN4O5S2. The SMILES string of the molecule is CCOc1cc(/C=C(/C#N)C(=O)Nc2nnc(S(=O)(=O)CC)s2)cc(Cl)c1OCc1ccccc1. The molecule has 3 rings (SSSR count). The van der Waals surface area contributed by atoms with Gasteiger partial charge in [-0.25, -0.2) is 8.42 Å². The van der Waals surface area contributed by atoms with Gasteiger partial charge in [0, 0.05) is 0 Å². The molecule has 2 aromatic carbocycles. The molecule has 0 saturated carbocycles. The van der Waals surface area contributed by atoms with Crippen LogP contribution < -0.4 is 14.8 Å². The number of nitrogens with zero attached hydrogens (tertiary/aromatic N) is 3. The van der Waals surface area contributed by atoms with E-state index in [1.807, 2.05) is 36.4 Å². The van der Waals surface area contributed by atoms with E-state index in [0.29, 0.717) is 35.0 Å². The number of aromatic nitrogens is 2. The van der Waals surface area contributed by atoms with Crippen molar-refractivity contribution in [1.29, 1.82) is 5.26 Å². The Morgan fingerprint density at radius 3 is 2.60 bits per heavy atom. The van der Waals surface area contributed by atoms with E-state index in [1.54, 1.807) is 19.1 Å². The van der Waals surface area contributed by atoms with Crippen LogP contribution in [0.1, 0.15) is 25.0 Å². The average molecular weight is 533 g/mol. The number of nitriles is 1. The largest absolute Gasteiger partial charge is 0.490 e. The first-order chi connectivity index (χ1) is 16.8. The van der Waals surface area contributed by atoms with Gasteiger partial charge in [0.2, 0.25) is 19.3 Å². The number of benzene rings is 2. The minimum Gasteiger partial charge on any atom is -0.490 e. The van der Waals surface area contributed by atoms with Crippen molar-refractivity contribution in [2.45, 2.75) is 24.8 Å². The van der Waals surface area contributed by atoms with Crippen molar-refractivity contribution in [2.75, 3.05) is 17.7 Å². The Balaban J connectivity index is 1.83. The molecule has 0 unspecified atom stereocenters. The Kier molecular flexibility index (Phi) is 8.81. The van der Waals surface area contributed by atoms with Crippen LogP contribution in [-0.2, 0) is 21.2 Å². The maximum Gasteiger partial charge on any atom is 0.268 e. The van der Waals surface area contributed by atoms with E-state index in [4.69, 9.17) is 21.1 Å². The fourth-order valence-electron chi connectivity index (χ4n) is 2.79. The summed E-state index contributed by atoms with van der Waals surface area (Å²) in [5.41, 5.74) is 1.13. The van der Waals surface area contributed by atoms with E-state index < -0.39 is 15.7 Å². The van der Waals surface area contributed by atoms with Gasteiger partial charge in [0.1, 0.15) is 18.2 Å². The summed E-state index contributed by atoms with van der Waals surface area (Å²) >= 11 is 7.15. The standard InChI is InChI=1S/C23H21ClN4O5S2/c1-3-32-19-12-16(11-18(24)20(19)33-14-15-8-6-5-7-9-15)10-17(13-25)21(29)26-22-27-28-23(34-22)35(30,31)4-2/h5-12H,3-4,14H2,1-2H3,(H,26,27,29)/b17-10-. The molecule has 0 bridgehead atoms. The molecule has 1 amide bonds. The van der Waals surface area contributed by atoms with E-state index in [2.05, 4.69) is 15.5 Å². The fourth-order valence-corrected chi connectivity index (χ4v) is 5.05. The number of hydrogen-bond acceptors (Lipinski definition) is 9. The van der Waals surface area contributed by atoms with Crippen molar-refractivity contribution in [3.8, 4) is 17.6 Å². The molecule has 0 spiro atoms. The number of ether oxygens (including phenoxy) is 2. The molecule has 182 valence electrons. The van der Waals surface area contributed by atoms with Crippen LogP contribution in [0.5, 0.6) is 11.5 Å². The van der Waals surface area contributed by atoms with E-state index in [0.717, 1.165) is 5.56 Å². The number of carbonyl (C=O) groups excluding carboxylic acids is 1. The van der Waals surface area contributed by atoms with Gasteiger partial charge in [-0.15, -0.1) is 10.2 Å². The molecule has 3 aromatic rings. The highest BCUT2D eigenvalue weighted by Gasteiger charge is 2.20. The van der Waals surface area contributed by atoms with Crippen molar-refractivity contribution in [2.24, 2.45) is 0 Å². The van der Waals surface area contributed by atoms with E-state index >= 15 is 0 Å². The zero-order valence-electron chi connectivity index (χ0n) is 18.8. The lowest BCUT2D eigenvalue weighted by molar-refractivity contribution is -0.112. The Morgan fingerprint density at radius 1 is 1.20 bits per heavy atom. The van der Waals surface area contributed by atoms with Crippen LogP contribution in [0.15, 0.2) is 52.4 Å². The third kappa shape index (κ3) is 6.79. The fraction of sp³-hybridized carbons (Fsp3) is 0.217. The lowest BCUT2D eigenvalue weighted by atomic mass is 10.1. The summed E-state index contributed by atoms with van der Waals surface area (Å²) < 4.78 is 35.1. The smallest absolute Gasteiger partial charge is 0.268 e. The van der Waals surface area contributed by atoms with Crippen LogP contribution in [0.3, 0.4) is 0 Å². The average Bonchev–Trinajstić information content (AvgIpc) is 3.32. The Hall–Kier alpha value is -3.46. The highest BCUT2D eigenvalue weighted by Crippen LogP contribution is 2.38. The quantitative estimate of drug-likeness (QED) is 0.229. The number of amides is 1. The summed E-state index contributed by atoms with van der Waals surface area (Å²) in [5.74, 6) is -0.218. The topological polar surface area (TPSA) is 131 Å². The molecule has 0 radical (unpaired) electrons. The van der Waals surface area contributed by atoms with Gasteiger partial charge in [0.25, 0.3) is 5.91 Å². The summed E-state index contributed by atoms with van der Waals surface area (Å²) in [6.07, 6.45) is 1.33. The molecule has 0 aliphatic rings. The van der Waals surface area contributed by atoms with E-state index in [9.17, 15) is 18.5 Å². The van der Waals surface area contributed by atoms with Crippen LogP contribution >= 0.6 is 22.9 Å². The normalized spacial score (nSPS) is 11.5. The Labute approximate surface area is 211 Å². The number of nitrogens with one attached hydrogen (secondary N) is 1. The first kappa shape index (κ1) is 26.2. The van der Waals surface area contributed by atoms with E-state index in [1.165, 1.54) is 13.0 Å². The highest BCUT2D eigenvalue weighted by molar-refractivity contribution is 7.93. The molecule has 1 N–H and O–H groups in total. The number of rotatable bonds is 10. The lowest BCUT2D eigenvalue weighted by Crippen LogP contribution is -2.13. The van der Waals surface area contributed by atoms with Gasteiger partial charge in [-0.2, -0.15) is 5.26 Å². The molecule has 1 aromatic heterocycles. The van der Waals surface area contributed by atoms with Gasteiger partial charge in [-0.05, 0) is 36.3 Å². The molecule has 35 heavy (non-hydrogen) atoms. The molecule has 12 heteroatoms. The second-order valence-corrected chi connectivity index (χ2v) is 10.8. The predicted octanol–water partition coefficient (Wildman–Crippen LogP) is 4.51. The zero-order valence-corrected chi connectivity index (χ0v) is 21.2. The molecular weight excluding hydrogens is 512 g/mol. The van der Waals surface area contributed by atoms with Crippen molar-refractivity contribution < 1.29 is 22.7 Å². The summed E-state index contributed by atoms with van der Waals surface area (Å²) in [5, 5.41) is 19.4. The minimum absolute atomic E-state index is 0.0409. The minimum atomic E-state index is -3.56. The van der Waals surface area contributed by atoms with E-state index in [-0.39, 0.29) is 32.4 Å². The summed E-state index contributed by atoms with van der Waals surface area (Å²) in [6, 6.07) is 14.5. The monoisotopic (exact) mass is 532 g/mol. The number of carbonyl (C=O) groups is 1. The molecule has 1 heterocycles. The van der Waals surface area contributed by atoms with Gasteiger partial charge in [-0.3, -0.25) is 10.1 Å². The molecule has 9 nitrogen and oxygen atoms in total. The summed E-state index contributed by atoms with van der Waals surface area (Å²) in [7, 11) is -3.56. The molecule has 0 fully saturated rings. The third-order valence-electron chi connectivity index (χ3n) is 4.51. The van der Waals surface area contributed by atoms with Gasteiger partial charge < -0.3 is 9.47 Å². The first-order valence-corrected chi connectivity index (χ1v) is 13.2.